The first kappa shape index (κ1) is 33.7. The minimum absolute atomic E-state index is 0.0746. The number of carbonyl (C=O) groups excluding carboxylic acids is 1. The molecule has 246 valence electrons. The summed E-state index contributed by atoms with van der Waals surface area (Å²) in [5.41, 5.74) is 3.44. The number of allylic oxidation sites excluding steroid dienone is 1. The third-order valence-electron chi connectivity index (χ3n) is 9.57. The van der Waals surface area contributed by atoms with Gasteiger partial charge in [-0.3, -0.25) is 4.79 Å². The summed E-state index contributed by atoms with van der Waals surface area (Å²) in [5, 5.41) is 22.2. The Hall–Kier alpha value is -2.63. The van der Waals surface area contributed by atoms with Gasteiger partial charge in [0.25, 0.3) is 0 Å². The highest BCUT2D eigenvalue weighted by molar-refractivity contribution is 7.90. The topological polar surface area (TPSA) is 119 Å². The molecule has 2 aliphatic heterocycles. The molecule has 3 aliphatic rings. The maximum atomic E-state index is 13.6. The van der Waals surface area contributed by atoms with E-state index in [1.807, 2.05) is 30.3 Å². The summed E-state index contributed by atoms with van der Waals surface area (Å²) in [6, 6.07) is 11.2. The number of carbonyl (C=O) groups is 1. The lowest BCUT2D eigenvalue weighted by molar-refractivity contribution is -0.128. The molecule has 0 radical (unpaired) electrons. The number of benzene rings is 2. The summed E-state index contributed by atoms with van der Waals surface area (Å²) < 4.78 is 36.1. The standard InChI is InChI=1S/C34H46ClN3O6S/c1-37(2)33(40)17-14-28-8-3-4-9-31(39)29-15-11-25(29)21-38-18-6-5-7-23-19-27(35)13-10-26(23)22-44-32-16-12-24(20-30(32)38)34(41)36-45(28,42)43/h4,9-10,12-13,16,19-20,25,28-29,31,34,36,39,41H,3,5-8,11,14-15,17-18,21-22H2,1-2H3/b9-4+/t25-,28-,29+,31-,34?/m0/s1. The van der Waals surface area contributed by atoms with Crippen molar-refractivity contribution in [3.8, 4) is 5.75 Å². The van der Waals surface area contributed by atoms with Crippen molar-refractivity contribution in [3.05, 3.63) is 70.3 Å². The largest absolute Gasteiger partial charge is 0.487 e. The summed E-state index contributed by atoms with van der Waals surface area (Å²) >= 11 is 6.32. The van der Waals surface area contributed by atoms with Crippen LogP contribution in [0.5, 0.6) is 5.75 Å². The van der Waals surface area contributed by atoms with Crippen LogP contribution in [0.15, 0.2) is 48.6 Å². The van der Waals surface area contributed by atoms with E-state index in [4.69, 9.17) is 16.3 Å². The van der Waals surface area contributed by atoms with Gasteiger partial charge in [-0.25, -0.2) is 8.42 Å². The average molecular weight is 660 g/mol. The highest BCUT2D eigenvalue weighted by Gasteiger charge is 2.37. The first-order chi connectivity index (χ1) is 21.5. The van der Waals surface area contributed by atoms with Gasteiger partial charge >= 0.3 is 0 Å². The van der Waals surface area contributed by atoms with E-state index in [2.05, 4.69) is 9.62 Å². The molecule has 0 spiro atoms. The van der Waals surface area contributed by atoms with Gasteiger partial charge in [0.05, 0.1) is 17.0 Å². The van der Waals surface area contributed by atoms with Crippen LogP contribution in [0.4, 0.5) is 5.69 Å². The van der Waals surface area contributed by atoms with E-state index < -0.39 is 27.6 Å². The molecule has 11 heteroatoms. The number of aliphatic hydroxyl groups excluding tert-OH is 2. The predicted molar refractivity (Wildman–Crippen MR) is 177 cm³/mol. The van der Waals surface area contributed by atoms with Crippen molar-refractivity contribution >= 4 is 33.2 Å². The Morgan fingerprint density at radius 2 is 1.91 bits per heavy atom. The summed E-state index contributed by atoms with van der Waals surface area (Å²) in [6.07, 6.45) is 7.14. The van der Waals surface area contributed by atoms with Gasteiger partial charge in [0.1, 0.15) is 18.6 Å². The maximum absolute atomic E-state index is 13.6. The lowest BCUT2D eigenvalue weighted by atomic mass is 9.70. The number of nitrogens with one attached hydrogen (secondary N) is 1. The molecule has 1 amide bonds. The molecule has 5 atom stereocenters. The fourth-order valence-corrected chi connectivity index (χ4v) is 8.33. The molecule has 1 saturated carbocycles. The molecule has 2 heterocycles. The zero-order valence-corrected chi connectivity index (χ0v) is 27.8. The molecule has 1 aliphatic carbocycles. The molecule has 2 aromatic carbocycles. The molecular formula is C34H46ClN3O6S. The highest BCUT2D eigenvalue weighted by atomic mass is 35.5. The number of halogens is 1. The fourth-order valence-electron chi connectivity index (χ4n) is 6.62. The molecule has 0 aromatic heterocycles. The summed E-state index contributed by atoms with van der Waals surface area (Å²) in [4.78, 5) is 16.0. The molecule has 2 aromatic rings. The number of aryl methyl sites for hydroxylation is 1. The predicted octanol–water partition coefficient (Wildman–Crippen LogP) is 4.95. The zero-order valence-electron chi connectivity index (χ0n) is 26.2. The third kappa shape index (κ3) is 8.40. The molecule has 3 N–H and O–H groups in total. The second kappa shape index (κ2) is 14.9. The molecular weight excluding hydrogens is 614 g/mol. The quantitative estimate of drug-likeness (QED) is 0.399. The zero-order chi connectivity index (χ0) is 32.1. The van der Waals surface area contributed by atoms with Crippen molar-refractivity contribution in [2.24, 2.45) is 11.8 Å². The van der Waals surface area contributed by atoms with Gasteiger partial charge in [-0.05, 0) is 104 Å². The van der Waals surface area contributed by atoms with Crippen LogP contribution in [0.25, 0.3) is 0 Å². The summed E-state index contributed by atoms with van der Waals surface area (Å²) in [7, 11) is -0.731. The number of ether oxygens (including phenoxy) is 1. The van der Waals surface area contributed by atoms with Crippen LogP contribution >= 0.6 is 11.6 Å². The molecule has 1 fully saturated rings. The van der Waals surface area contributed by atoms with Crippen LogP contribution in [0.1, 0.15) is 74.3 Å². The smallest absolute Gasteiger partial charge is 0.222 e. The minimum Gasteiger partial charge on any atom is -0.487 e. The average Bonchev–Trinajstić information content (AvgIpc) is 3.00. The van der Waals surface area contributed by atoms with E-state index in [1.165, 1.54) is 10.5 Å². The maximum Gasteiger partial charge on any atom is 0.222 e. The number of nitrogens with zero attached hydrogens (tertiary/aromatic N) is 2. The SMILES string of the molecule is CN(C)C(=O)CC[C@@H]1CC/C=C/[C@H](O)[C@@H]2CC[C@H]2CN2CCCCc3cc(Cl)ccc3COc3ccc(cc32)C(O)NS1(=O)=O. The lowest BCUT2D eigenvalue weighted by Crippen LogP contribution is -2.43. The Morgan fingerprint density at radius 1 is 1.09 bits per heavy atom. The van der Waals surface area contributed by atoms with Crippen molar-refractivity contribution in [2.75, 3.05) is 32.1 Å². The monoisotopic (exact) mass is 659 g/mol. The van der Waals surface area contributed by atoms with E-state index in [1.54, 1.807) is 32.3 Å². The van der Waals surface area contributed by atoms with Gasteiger partial charge in [-0.1, -0.05) is 35.9 Å². The van der Waals surface area contributed by atoms with Gasteiger partial charge < -0.3 is 24.7 Å². The van der Waals surface area contributed by atoms with Gasteiger partial charge in [-0.2, -0.15) is 4.72 Å². The van der Waals surface area contributed by atoms with Crippen molar-refractivity contribution in [3.63, 3.8) is 0 Å². The number of anilines is 1. The number of aliphatic hydroxyl groups is 2. The molecule has 2 bridgehead atoms. The van der Waals surface area contributed by atoms with Gasteiger partial charge in [0.2, 0.25) is 15.9 Å². The van der Waals surface area contributed by atoms with E-state index in [9.17, 15) is 23.4 Å². The molecule has 5 rings (SSSR count). The van der Waals surface area contributed by atoms with Crippen LogP contribution in [-0.2, 0) is 27.8 Å². The van der Waals surface area contributed by atoms with Crippen molar-refractivity contribution in [2.45, 2.75) is 82.0 Å². The molecule has 1 unspecified atom stereocenters. The Labute approximate surface area is 272 Å². The van der Waals surface area contributed by atoms with Gasteiger partial charge in [0, 0.05) is 38.6 Å². The van der Waals surface area contributed by atoms with Crippen LogP contribution in [0, 0.1) is 11.8 Å². The van der Waals surface area contributed by atoms with Crippen LogP contribution < -0.4 is 14.4 Å². The van der Waals surface area contributed by atoms with Gasteiger partial charge in [0.15, 0.2) is 0 Å². The number of fused-ring (bicyclic) bond motifs is 3. The Kier molecular flexibility index (Phi) is 11.1. The third-order valence-corrected chi connectivity index (χ3v) is 11.7. The minimum atomic E-state index is -4.01. The fraction of sp³-hybridized carbons (Fsp3) is 0.559. The van der Waals surface area contributed by atoms with Crippen molar-refractivity contribution in [1.82, 2.24) is 9.62 Å². The second-order valence-electron chi connectivity index (χ2n) is 12.8. The van der Waals surface area contributed by atoms with E-state index in [-0.39, 0.29) is 37.0 Å². The van der Waals surface area contributed by atoms with Crippen LogP contribution in [-0.4, -0.2) is 68.0 Å². The number of hydrogen-bond donors (Lipinski definition) is 3. The lowest BCUT2D eigenvalue weighted by Gasteiger charge is -2.42. The first-order valence-electron chi connectivity index (χ1n) is 16.0. The molecule has 45 heavy (non-hydrogen) atoms. The van der Waals surface area contributed by atoms with Gasteiger partial charge in [-0.15, -0.1) is 0 Å². The second-order valence-corrected chi connectivity index (χ2v) is 15.3. The number of hydrogen-bond acceptors (Lipinski definition) is 7. The highest BCUT2D eigenvalue weighted by Crippen LogP contribution is 2.41. The first-order valence-corrected chi connectivity index (χ1v) is 18.0. The van der Waals surface area contributed by atoms with Crippen LogP contribution in [0.2, 0.25) is 5.02 Å². The van der Waals surface area contributed by atoms with Crippen LogP contribution in [0.3, 0.4) is 0 Å². The molecule has 0 saturated heterocycles. The Morgan fingerprint density at radius 3 is 2.67 bits per heavy atom. The Bertz CT molecular complexity index is 1480. The van der Waals surface area contributed by atoms with Crippen molar-refractivity contribution in [1.29, 1.82) is 0 Å². The van der Waals surface area contributed by atoms with E-state index >= 15 is 0 Å². The van der Waals surface area contributed by atoms with E-state index in [0.29, 0.717) is 29.4 Å². The van der Waals surface area contributed by atoms with Crippen molar-refractivity contribution < 1.29 is 28.2 Å². The molecule has 9 nitrogen and oxygen atoms in total. The number of rotatable bonds is 3. The summed E-state index contributed by atoms with van der Waals surface area (Å²) in [5.74, 6) is 0.878. The van der Waals surface area contributed by atoms with E-state index in [0.717, 1.165) is 56.4 Å². The number of amides is 1. The Balaban J connectivity index is 1.49. The number of sulfonamides is 1. The normalized spacial score (nSPS) is 27.8. The summed E-state index contributed by atoms with van der Waals surface area (Å²) in [6.45, 7) is 1.82.